The molecule has 0 aliphatic heterocycles. The maximum Gasteiger partial charge on any atom is 0.308 e. The Labute approximate surface area is 197 Å². The highest BCUT2D eigenvalue weighted by Crippen LogP contribution is 2.28. The van der Waals surface area contributed by atoms with Gasteiger partial charge in [-0.1, -0.05) is 53.4 Å². The fourth-order valence-electron chi connectivity index (χ4n) is 3.55. The monoisotopic (exact) mass is 478 g/mol. The summed E-state index contributed by atoms with van der Waals surface area (Å²) in [5.74, 6) is 1.50. The normalized spacial score (nSPS) is 11.2. The average Bonchev–Trinajstić information content (AvgIpc) is 3.39. The van der Waals surface area contributed by atoms with Crippen LogP contribution in [0.5, 0.6) is 5.75 Å². The van der Waals surface area contributed by atoms with Crippen molar-refractivity contribution in [1.29, 1.82) is 0 Å². The Morgan fingerprint density at radius 1 is 1.00 bits per heavy atom. The van der Waals surface area contributed by atoms with Gasteiger partial charge in [-0.2, -0.15) is 0 Å². The summed E-state index contributed by atoms with van der Waals surface area (Å²) in [5.41, 5.74) is 2.28. The number of rotatable bonds is 7. The van der Waals surface area contributed by atoms with Crippen LogP contribution in [0.3, 0.4) is 0 Å². The summed E-state index contributed by atoms with van der Waals surface area (Å²) in [7, 11) is 1.61. The molecule has 0 radical (unpaired) electrons. The van der Waals surface area contributed by atoms with Crippen molar-refractivity contribution in [3.63, 3.8) is 0 Å². The summed E-state index contributed by atoms with van der Waals surface area (Å²) in [6.45, 7) is 0.266. The summed E-state index contributed by atoms with van der Waals surface area (Å²) >= 11 is 2.60. The molecule has 0 aliphatic carbocycles. The Kier molecular flexibility index (Phi) is 5.97. The van der Waals surface area contributed by atoms with E-state index >= 15 is 0 Å². The standard InChI is InChI=1S/C24H19FN4O2S2/c1-31-18-12-10-17(11-13-18)29-22(14-28-20-8-4-5-9-21(20)33-24(28)30)26-27-23(29)32-15-16-6-2-3-7-19(16)25/h2-13H,14-15H2,1H3. The molecule has 0 unspecified atom stereocenters. The van der Waals surface area contributed by atoms with E-state index in [1.165, 1.54) is 29.2 Å². The first kappa shape index (κ1) is 21.4. The van der Waals surface area contributed by atoms with Gasteiger partial charge in [0.15, 0.2) is 11.0 Å². The topological polar surface area (TPSA) is 61.9 Å². The third kappa shape index (κ3) is 4.29. The minimum atomic E-state index is -0.253. The Morgan fingerprint density at radius 2 is 1.76 bits per heavy atom. The molecule has 5 aromatic rings. The maximum atomic E-state index is 14.1. The van der Waals surface area contributed by atoms with Crippen molar-refractivity contribution in [3.05, 3.63) is 99.7 Å². The SMILES string of the molecule is COc1ccc(-n2c(Cn3c(=O)sc4ccccc43)nnc2SCc2ccccc2F)cc1. The Hall–Kier alpha value is -3.43. The molecule has 0 spiro atoms. The molecule has 0 atom stereocenters. The number of nitrogens with zero attached hydrogens (tertiary/aromatic N) is 4. The van der Waals surface area contributed by atoms with Gasteiger partial charge < -0.3 is 4.74 Å². The van der Waals surface area contributed by atoms with Crippen LogP contribution in [-0.4, -0.2) is 26.4 Å². The lowest BCUT2D eigenvalue weighted by molar-refractivity contribution is 0.414. The smallest absolute Gasteiger partial charge is 0.308 e. The first-order valence-electron chi connectivity index (χ1n) is 10.2. The molecule has 0 amide bonds. The zero-order valence-corrected chi connectivity index (χ0v) is 19.3. The number of benzene rings is 3. The number of para-hydroxylation sites is 1. The number of hydrogen-bond acceptors (Lipinski definition) is 6. The van der Waals surface area contributed by atoms with Crippen LogP contribution in [0.4, 0.5) is 4.39 Å². The van der Waals surface area contributed by atoms with Crippen LogP contribution in [0, 0.1) is 5.82 Å². The first-order chi connectivity index (χ1) is 16.1. The number of halogens is 1. The van der Waals surface area contributed by atoms with Gasteiger partial charge in [0, 0.05) is 11.4 Å². The summed E-state index contributed by atoms with van der Waals surface area (Å²) in [6, 6.07) is 21.9. The van der Waals surface area contributed by atoms with Gasteiger partial charge in [0.05, 0.1) is 23.9 Å². The summed E-state index contributed by atoms with van der Waals surface area (Å²) in [4.78, 5) is 12.6. The lowest BCUT2D eigenvalue weighted by Crippen LogP contribution is -2.16. The molecule has 0 bridgehead atoms. The summed E-state index contributed by atoms with van der Waals surface area (Å²) in [5, 5.41) is 9.40. The van der Waals surface area contributed by atoms with E-state index in [0.29, 0.717) is 22.3 Å². The van der Waals surface area contributed by atoms with E-state index in [9.17, 15) is 9.18 Å². The molecule has 5 rings (SSSR count). The van der Waals surface area contributed by atoms with Crippen LogP contribution in [-0.2, 0) is 12.3 Å². The van der Waals surface area contributed by atoms with E-state index < -0.39 is 0 Å². The van der Waals surface area contributed by atoms with Gasteiger partial charge in [-0.3, -0.25) is 13.9 Å². The second-order valence-corrected chi connectivity index (χ2v) is 9.17. The quantitative estimate of drug-likeness (QED) is 0.304. The molecule has 0 saturated heterocycles. The van der Waals surface area contributed by atoms with Crippen molar-refractivity contribution in [2.45, 2.75) is 17.5 Å². The number of hydrogen-bond donors (Lipinski definition) is 0. The van der Waals surface area contributed by atoms with Gasteiger partial charge in [-0.25, -0.2) is 4.39 Å². The first-order valence-corrected chi connectivity index (χ1v) is 12.0. The van der Waals surface area contributed by atoms with E-state index in [2.05, 4.69) is 10.2 Å². The molecule has 3 aromatic carbocycles. The van der Waals surface area contributed by atoms with E-state index in [1.54, 1.807) is 23.8 Å². The van der Waals surface area contributed by atoms with Crippen LogP contribution >= 0.6 is 23.1 Å². The van der Waals surface area contributed by atoms with E-state index in [-0.39, 0.29) is 17.2 Å². The average molecular weight is 479 g/mol. The van der Waals surface area contributed by atoms with Crippen molar-refractivity contribution < 1.29 is 9.13 Å². The van der Waals surface area contributed by atoms with Crippen LogP contribution < -0.4 is 9.61 Å². The molecule has 9 heteroatoms. The molecule has 6 nitrogen and oxygen atoms in total. The number of thiazole rings is 1. The molecular formula is C24H19FN4O2S2. The van der Waals surface area contributed by atoms with E-state index in [1.807, 2.05) is 59.2 Å². The minimum absolute atomic E-state index is 0.0546. The summed E-state index contributed by atoms with van der Waals surface area (Å²) < 4.78 is 24.0. The number of thioether (sulfide) groups is 1. The third-order valence-corrected chi connectivity index (χ3v) is 7.16. The molecule has 33 heavy (non-hydrogen) atoms. The molecule has 0 aliphatic rings. The molecule has 2 aromatic heterocycles. The lowest BCUT2D eigenvalue weighted by atomic mass is 10.2. The predicted octanol–water partition coefficient (Wildman–Crippen LogP) is 5.13. The molecule has 166 valence electrons. The van der Waals surface area contributed by atoms with Gasteiger partial charge in [-0.05, 0) is 48.0 Å². The zero-order valence-electron chi connectivity index (χ0n) is 17.6. The van der Waals surface area contributed by atoms with Crippen LogP contribution in [0.15, 0.2) is 82.7 Å². The second-order valence-electron chi connectivity index (χ2n) is 7.23. The molecule has 2 heterocycles. The molecule has 0 N–H and O–H groups in total. The predicted molar refractivity (Wildman–Crippen MR) is 129 cm³/mol. The highest BCUT2D eigenvalue weighted by Gasteiger charge is 2.18. The van der Waals surface area contributed by atoms with Gasteiger partial charge in [0.25, 0.3) is 0 Å². The molecular weight excluding hydrogens is 459 g/mol. The van der Waals surface area contributed by atoms with Gasteiger partial charge in [-0.15, -0.1) is 10.2 Å². The summed E-state index contributed by atoms with van der Waals surface area (Å²) in [6.07, 6.45) is 0. The molecule has 0 fully saturated rings. The lowest BCUT2D eigenvalue weighted by Gasteiger charge is -2.12. The Morgan fingerprint density at radius 3 is 2.55 bits per heavy atom. The number of fused-ring (bicyclic) bond motifs is 1. The van der Waals surface area contributed by atoms with Crippen LogP contribution in [0.2, 0.25) is 0 Å². The highest BCUT2D eigenvalue weighted by molar-refractivity contribution is 7.98. The fraction of sp³-hybridized carbons (Fsp3) is 0.125. The maximum absolute atomic E-state index is 14.1. The van der Waals surface area contributed by atoms with Crippen LogP contribution in [0.25, 0.3) is 15.9 Å². The Balaban J connectivity index is 1.55. The van der Waals surface area contributed by atoms with Gasteiger partial charge >= 0.3 is 4.87 Å². The largest absolute Gasteiger partial charge is 0.497 e. The van der Waals surface area contributed by atoms with Crippen molar-refractivity contribution in [2.75, 3.05) is 7.11 Å². The number of ether oxygens (including phenoxy) is 1. The zero-order chi connectivity index (χ0) is 22.8. The Bertz CT molecular complexity index is 1470. The number of aromatic nitrogens is 4. The van der Waals surface area contributed by atoms with Gasteiger partial charge in [0.1, 0.15) is 11.6 Å². The van der Waals surface area contributed by atoms with Gasteiger partial charge in [0.2, 0.25) is 0 Å². The number of methoxy groups -OCH3 is 1. The minimum Gasteiger partial charge on any atom is -0.497 e. The van der Waals surface area contributed by atoms with Crippen LogP contribution in [0.1, 0.15) is 11.4 Å². The van der Waals surface area contributed by atoms with Crippen molar-refractivity contribution >= 4 is 33.3 Å². The third-order valence-electron chi connectivity index (χ3n) is 5.22. The van der Waals surface area contributed by atoms with Crippen molar-refractivity contribution in [3.8, 4) is 11.4 Å². The van der Waals surface area contributed by atoms with Crippen molar-refractivity contribution in [2.24, 2.45) is 0 Å². The van der Waals surface area contributed by atoms with E-state index in [0.717, 1.165) is 21.7 Å². The highest BCUT2D eigenvalue weighted by atomic mass is 32.2. The van der Waals surface area contributed by atoms with E-state index in [4.69, 9.17) is 4.74 Å². The molecule has 0 saturated carbocycles. The fourth-order valence-corrected chi connectivity index (χ4v) is 5.40. The van der Waals surface area contributed by atoms with Crippen molar-refractivity contribution in [1.82, 2.24) is 19.3 Å². The second kappa shape index (κ2) is 9.21.